The smallest absolute Gasteiger partial charge is 0.129 e. The molecule has 0 bridgehead atoms. The second-order valence-electron chi connectivity index (χ2n) is 4.35. The molecule has 0 aliphatic rings. The second-order valence-corrected chi connectivity index (χ2v) is 5.83. The maximum Gasteiger partial charge on any atom is 0.129 e. The van der Waals surface area contributed by atoms with Crippen LogP contribution < -0.4 is 4.90 Å². The van der Waals surface area contributed by atoms with E-state index in [4.69, 9.17) is 0 Å². The maximum atomic E-state index is 13.7. The fourth-order valence-electron chi connectivity index (χ4n) is 1.99. The summed E-state index contributed by atoms with van der Waals surface area (Å²) in [6.07, 6.45) is 0. The van der Waals surface area contributed by atoms with Crippen LogP contribution in [0.25, 0.3) is 0 Å². The minimum Gasteiger partial charge on any atom is -0.370 e. The summed E-state index contributed by atoms with van der Waals surface area (Å²) in [5.74, 6) is -0.169. The third-order valence-corrected chi connectivity index (χ3v) is 4.06. The Morgan fingerprint density at radius 3 is 2.42 bits per heavy atom. The minimum absolute atomic E-state index is 0.169. The molecule has 0 atom stereocenters. The van der Waals surface area contributed by atoms with Crippen LogP contribution in [-0.2, 0) is 11.9 Å². The SMILES string of the molecule is CN(Cc1ccc(Br)cc1)c1cccc(F)c1CBr. The van der Waals surface area contributed by atoms with Crippen molar-refractivity contribution in [2.45, 2.75) is 11.9 Å². The third-order valence-electron chi connectivity index (χ3n) is 2.97. The van der Waals surface area contributed by atoms with Crippen molar-refractivity contribution in [2.75, 3.05) is 11.9 Å². The monoisotopic (exact) mass is 385 g/mol. The first-order valence-electron chi connectivity index (χ1n) is 5.90. The number of rotatable bonds is 4. The Kier molecular flexibility index (Phi) is 4.99. The number of anilines is 1. The molecule has 2 aromatic carbocycles. The Labute approximate surface area is 129 Å². The predicted molar refractivity (Wildman–Crippen MR) is 85.3 cm³/mol. The highest BCUT2D eigenvalue weighted by atomic mass is 79.9. The molecule has 0 aromatic heterocycles. The zero-order valence-corrected chi connectivity index (χ0v) is 13.7. The molecule has 0 fully saturated rings. The van der Waals surface area contributed by atoms with E-state index in [1.165, 1.54) is 11.6 Å². The molecular formula is C15H14Br2FN. The quantitative estimate of drug-likeness (QED) is 0.659. The molecule has 0 radical (unpaired) electrons. The molecule has 0 N–H and O–H groups in total. The van der Waals surface area contributed by atoms with Crippen molar-refractivity contribution < 1.29 is 4.39 Å². The van der Waals surface area contributed by atoms with Crippen LogP contribution in [0.15, 0.2) is 46.9 Å². The van der Waals surface area contributed by atoms with Gasteiger partial charge in [0.2, 0.25) is 0 Å². The zero-order valence-electron chi connectivity index (χ0n) is 10.5. The molecule has 0 aliphatic carbocycles. The molecule has 0 heterocycles. The van der Waals surface area contributed by atoms with E-state index < -0.39 is 0 Å². The van der Waals surface area contributed by atoms with Crippen molar-refractivity contribution in [1.82, 2.24) is 0 Å². The number of benzene rings is 2. The van der Waals surface area contributed by atoms with Crippen molar-refractivity contribution in [3.63, 3.8) is 0 Å². The first-order valence-corrected chi connectivity index (χ1v) is 7.82. The van der Waals surface area contributed by atoms with E-state index in [0.717, 1.165) is 16.7 Å². The molecule has 0 aliphatic heterocycles. The third kappa shape index (κ3) is 3.57. The van der Waals surface area contributed by atoms with Gasteiger partial charge in [-0.2, -0.15) is 0 Å². The molecule has 4 heteroatoms. The van der Waals surface area contributed by atoms with Crippen LogP contribution >= 0.6 is 31.9 Å². The molecule has 19 heavy (non-hydrogen) atoms. The van der Waals surface area contributed by atoms with Gasteiger partial charge in [0.15, 0.2) is 0 Å². The van der Waals surface area contributed by atoms with Crippen LogP contribution in [0.5, 0.6) is 0 Å². The highest BCUT2D eigenvalue weighted by Gasteiger charge is 2.11. The van der Waals surface area contributed by atoms with Gasteiger partial charge in [-0.1, -0.05) is 50.1 Å². The summed E-state index contributed by atoms with van der Waals surface area (Å²) in [7, 11) is 1.98. The Bertz CT molecular complexity index is 555. The van der Waals surface area contributed by atoms with Gasteiger partial charge in [-0.05, 0) is 29.8 Å². The van der Waals surface area contributed by atoms with Gasteiger partial charge in [-0.15, -0.1) is 0 Å². The lowest BCUT2D eigenvalue weighted by Gasteiger charge is -2.22. The summed E-state index contributed by atoms with van der Waals surface area (Å²) < 4.78 is 14.8. The normalized spacial score (nSPS) is 10.5. The first-order chi connectivity index (χ1) is 9.11. The summed E-state index contributed by atoms with van der Waals surface area (Å²) in [6.45, 7) is 0.747. The number of hydrogen-bond donors (Lipinski definition) is 0. The lowest BCUT2D eigenvalue weighted by atomic mass is 10.1. The van der Waals surface area contributed by atoms with Crippen molar-refractivity contribution >= 4 is 37.5 Å². The summed E-state index contributed by atoms with van der Waals surface area (Å²) >= 11 is 6.77. The Morgan fingerprint density at radius 2 is 1.79 bits per heavy atom. The minimum atomic E-state index is -0.169. The largest absolute Gasteiger partial charge is 0.370 e. The molecule has 1 nitrogen and oxygen atoms in total. The predicted octanol–water partition coefficient (Wildman–Crippen LogP) is 5.12. The van der Waals surface area contributed by atoms with E-state index in [2.05, 4.69) is 48.9 Å². The molecular weight excluding hydrogens is 373 g/mol. The highest BCUT2D eigenvalue weighted by Crippen LogP contribution is 2.26. The van der Waals surface area contributed by atoms with Crippen LogP contribution in [0, 0.1) is 5.82 Å². The van der Waals surface area contributed by atoms with E-state index in [-0.39, 0.29) is 5.82 Å². The molecule has 0 unspecified atom stereocenters. The molecule has 0 saturated carbocycles. The van der Waals surface area contributed by atoms with Crippen molar-refractivity contribution in [2.24, 2.45) is 0 Å². The van der Waals surface area contributed by atoms with Gasteiger partial charge >= 0.3 is 0 Å². The highest BCUT2D eigenvalue weighted by molar-refractivity contribution is 9.10. The van der Waals surface area contributed by atoms with Crippen LogP contribution in [0.4, 0.5) is 10.1 Å². The van der Waals surface area contributed by atoms with Gasteiger partial charge in [0.1, 0.15) is 5.82 Å². The van der Waals surface area contributed by atoms with Crippen molar-refractivity contribution in [3.05, 3.63) is 63.9 Å². The Hall–Kier alpha value is -0.870. The van der Waals surface area contributed by atoms with Gasteiger partial charge in [0.05, 0.1) is 0 Å². The Balaban J connectivity index is 2.22. The Morgan fingerprint density at radius 1 is 1.11 bits per heavy atom. The lowest BCUT2D eigenvalue weighted by Crippen LogP contribution is -2.18. The molecule has 0 saturated heterocycles. The van der Waals surface area contributed by atoms with Crippen molar-refractivity contribution in [1.29, 1.82) is 0 Å². The van der Waals surface area contributed by atoms with Gasteiger partial charge in [0.25, 0.3) is 0 Å². The summed E-state index contributed by atoms with van der Waals surface area (Å²) in [4.78, 5) is 2.06. The number of alkyl halides is 1. The van der Waals surface area contributed by atoms with Gasteiger partial charge in [-0.25, -0.2) is 4.39 Å². The van der Waals surface area contributed by atoms with Crippen LogP contribution in [0.1, 0.15) is 11.1 Å². The molecule has 2 aromatic rings. The topological polar surface area (TPSA) is 3.24 Å². The summed E-state index contributed by atoms with van der Waals surface area (Å²) in [6, 6.07) is 13.3. The number of hydrogen-bond acceptors (Lipinski definition) is 1. The van der Waals surface area contributed by atoms with Crippen LogP contribution in [0.2, 0.25) is 0 Å². The van der Waals surface area contributed by atoms with Gasteiger partial charge in [-0.3, -0.25) is 0 Å². The van der Waals surface area contributed by atoms with E-state index in [1.807, 2.05) is 25.2 Å². The maximum absolute atomic E-state index is 13.7. The molecule has 0 amide bonds. The van der Waals surface area contributed by atoms with Crippen molar-refractivity contribution in [3.8, 4) is 0 Å². The zero-order chi connectivity index (χ0) is 13.8. The fraction of sp³-hybridized carbons (Fsp3) is 0.200. The van der Waals surface area contributed by atoms with Gasteiger partial charge < -0.3 is 4.90 Å². The number of halogens is 3. The lowest BCUT2D eigenvalue weighted by molar-refractivity contribution is 0.616. The first kappa shape index (κ1) is 14.5. The van der Waals surface area contributed by atoms with E-state index in [9.17, 15) is 4.39 Å². The summed E-state index contributed by atoms with van der Waals surface area (Å²) in [5, 5.41) is 0.514. The standard InChI is InChI=1S/C15H14Br2FN/c1-19(10-11-5-7-12(17)8-6-11)15-4-2-3-14(18)13(15)9-16/h2-8H,9-10H2,1H3. The average Bonchev–Trinajstić information content (AvgIpc) is 2.41. The summed E-state index contributed by atoms with van der Waals surface area (Å²) in [5.41, 5.74) is 2.80. The van der Waals surface area contributed by atoms with E-state index in [1.54, 1.807) is 6.07 Å². The average molecular weight is 387 g/mol. The second kappa shape index (κ2) is 6.53. The fourth-order valence-corrected chi connectivity index (χ4v) is 2.81. The molecule has 100 valence electrons. The van der Waals surface area contributed by atoms with Gasteiger partial charge in [0, 0.05) is 34.6 Å². The van der Waals surface area contributed by atoms with E-state index in [0.29, 0.717) is 10.9 Å². The number of nitrogens with zero attached hydrogens (tertiary/aromatic N) is 1. The van der Waals surface area contributed by atoms with E-state index >= 15 is 0 Å². The van der Waals surface area contributed by atoms with Crippen LogP contribution in [0.3, 0.4) is 0 Å². The molecule has 0 spiro atoms. The van der Waals surface area contributed by atoms with Crippen LogP contribution in [-0.4, -0.2) is 7.05 Å². The molecule has 2 rings (SSSR count).